The van der Waals surface area contributed by atoms with Gasteiger partial charge in [-0.25, -0.2) is 0 Å². The van der Waals surface area contributed by atoms with Crippen LogP contribution in [-0.4, -0.2) is 25.6 Å². The van der Waals surface area contributed by atoms with Gasteiger partial charge in [-0.05, 0) is 44.9 Å². The van der Waals surface area contributed by atoms with Crippen LogP contribution in [0.1, 0.15) is 41.8 Å². The predicted octanol–water partition coefficient (Wildman–Crippen LogP) is 3.96. The van der Waals surface area contributed by atoms with E-state index in [-0.39, 0.29) is 11.9 Å². The number of hydrogen-bond acceptors (Lipinski definition) is 3. The number of halogens is 1. The molecule has 0 bridgehead atoms. The first-order chi connectivity index (χ1) is 8.88. The summed E-state index contributed by atoms with van der Waals surface area (Å²) in [6.07, 6.45) is 0.333. The largest absolute Gasteiger partial charge is 0.490 e. The number of carbonyl (C=O) groups excluding carboxylic acids is 1. The molecule has 3 nitrogen and oxygen atoms in total. The Labute approximate surface area is 119 Å². The number of methoxy groups -OCH3 is 1. The molecule has 1 aromatic carbocycles. The zero-order valence-corrected chi connectivity index (χ0v) is 12.9. The van der Waals surface area contributed by atoms with Gasteiger partial charge in [-0.3, -0.25) is 4.79 Å². The second-order valence-electron chi connectivity index (χ2n) is 4.84. The van der Waals surface area contributed by atoms with Gasteiger partial charge >= 0.3 is 0 Å². The molecule has 0 heterocycles. The maximum absolute atomic E-state index is 12.3. The van der Waals surface area contributed by atoms with Crippen molar-refractivity contribution in [2.75, 3.05) is 13.7 Å². The van der Waals surface area contributed by atoms with Crippen LogP contribution in [0.4, 0.5) is 0 Å². The van der Waals surface area contributed by atoms with E-state index in [9.17, 15) is 4.79 Å². The Morgan fingerprint density at radius 2 is 2.00 bits per heavy atom. The van der Waals surface area contributed by atoms with E-state index in [1.54, 1.807) is 7.11 Å². The molecule has 0 N–H and O–H groups in total. The van der Waals surface area contributed by atoms with E-state index in [0.717, 1.165) is 11.1 Å². The molecule has 0 fully saturated rings. The molecule has 0 aromatic heterocycles. The number of ether oxygens (including phenoxy) is 2. The van der Waals surface area contributed by atoms with Gasteiger partial charge in [-0.1, -0.05) is 11.6 Å². The molecule has 0 aliphatic heterocycles. The average Bonchev–Trinajstić information content (AvgIpc) is 2.32. The molecule has 0 radical (unpaired) electrons. The molecule has 0 saturated heterocycles. The average molecular weight is 285 g/mol. The molecule has 0 aliphatic rings. The SMILES string of the molecule is COCCC(=O)c1c(OC(C)C)cc(C)c(Cl)c1C. The van der Waals surface area contributed by atoms with Gasteiger partial charge in [-0.15, -0.1) is 0 Å². The summed E-state index contributed by atoms with van der Waals surface area (Å²) in [5.74, 6) is 0.604. The molecule has 0 spiro atoms. The maximum Gasteiger partial charge on any atom is 0.169 e. The summed E-state index contributed by atoms with van der Waals surface area (Å²) < 4.78 is 10.7. The van der Waals surface area contributed by atoms with Crippen LogP contribution >= 0.6 is 11.6 Å². The Bertz CT molecular complexity index is 467. The molecule has 0 aliphatic carbocycles. The van der Waals surface area contributed by atoms with Crippen LogP contribution in [0.15, 0.2) is 6.07 Å². The normalized spacial score (nSPS) is 10.9. The van der Waals surface area contributed by atoms with Crippen molar-refractivity contribution in [3.8, 4) is 5.75 Å². The van der Waals surface area contributed by atoms with Gasteiger partial charge in [0.1, 0.15) is 5.75 Å². The Morgan fingerprint density at radius 3 is 2.53 bits per heavy atom. The molecule has 0 atom stereocenters. The molecular weight excluding hydrogens is 264 g/mol. The van der Waals surface area contributed by atoms with Crippen LogP contribution in [0, 0.1) is 13.8 Å². The molecule has 0 amide bonds. The molecule has 19 heavy (non-hydrogen) atoms. The summed E-state index contributed by atoms with van der Waals surface area (Å²) in [7, 11) is 1.58. The molecule has 4 heteroatoms. The molecule has 0 unspecified atom stereocenters. The van der Waals surface area contributed by atoms with Gasteiger partial charge in [-0.2, -0.15) is 0 Å². The number of aryl methyl sites for hydroxylation is 1. The van der Waals surface area contributed by atoms with Gasteiger partial charge in [0.15, 0.2) is 5.78 Å². The Hall–Kier alpha value is -1.06. The summed E-state index contributed by atoms with van der Waals surface area (Å²) in [6.45, 7) is 8.02. The first-order valence-corrected chi connectivity index (χ1v) is 6.74. The van der Waals surface area contributed by atoms with Crippen LogP contribution in [0.3, 0.4) is 0 Å². The fourth-order valence-corrected chi connectivity index (χ4v) is 2.08. The van der Waals surface area contributed by atoms with Gasteiger partial charge < -0.3 is 9.47 Å². The summed E-state index contributed by atoms with van der Waals surface area (Å²) in [6, 6.07) is 1.83. The van der Waals surface area contributed by atoms with Crippen LogP contribution in [0.2, 0.25) is 5.02 Å². The van der Waals surface area contributed by atoms with Crippen molar-refractivity contribution in [1.82, 2.24) is 0 Å². The topological polar surface area (TPSA) is 35.5 Å². The fourth-order valence-electron chi connectivity index (χ4n) is 1.94. The lowest BCUT2D eigenvalue weighted by atomic mass is 9.99. The van der Waals surface area contributed by atoms with Crippen LogP contribution in [-0.2, 0) is 4.74 Å². The number of carbonyl (C=O) groups is 1. The zero-order valence-electron chi connectivity index (χ0n) is 12.2. The van der Waals surface area contributed by atoms with Gasteiger partial charge in [0, 0.05) is 18.6 Å². The minimum Gasteiger partial charge on any atom is -0.490 e. The summed E-state index contributed by atoms with van der Waals surface area (Å²) in [4.78, 5) is 12.3. The number of ketones is 1. The molecule has 0 saturated carbocycles. The van der Waals surface area contributed by atoms with Gasteiger partial charge in [0.05, 0.1) is 18.3 Å². The summed E-state index contributed by atoms with van der Waals surface area (Å²) >= 11 is 6.23. The smallest absolute Gasteiger partial charge is 0.169 e. The lowest BCUT2D eigenvalue weighted by Gasteiger charge is -2.18. The highest BCUT2D eigenvalue weighted by atomic mass is 35.5. The monoisotopic (exact) mass is 284 g/mol. The van der Waals surface area contributed by atoms with E-state index >= 15 is 0 Å². The molecule has 1 rings (SSSR count). The second kappa shape index (κ2) is 6.92. The van der Waals surface area contributed by atoms with E-state index in [0.29, 0.717) is 29.4 Å². The third kappa shape index (κ3) is 3.95. The third-order valence-electron chi connectivity index (χ3n) is 2.82. The van der Waals surface area contributed by atoms with Crippen molar-refractivity contribution in [3.05, 3.63) is 27.8 Å². The van der Waals surface area contributed by atoms with Crippen LogP contribution in [0.5, 0.6) is 5.75 Å². The molecule has 106 valence electrons. The van der Waals surface area contributed by atoms with Crippen molar-refractivity contribution < 1.29 is 14.3 Å². The highest BCUT2D eigenvalue weighted by Crippen LogP contribution is 2.33. The van der Waals surface area contributed by atoms with Crippen molar-refractivity contribution in [3.63, 3.8) is 0 Å². The Balaban J connectivity index is 3.24. The van der Waals surface area contributed by atoms with E-state index in [1.807, 2.05) is 33.8 Å². The van der Waals surface area contributed by atoms with E-state index in [4.69, 9.17) is 21.1 Å². The molecule has 1 aromatic rings. The Kier molecular flexibility index (Phi) is 5.83. The summed E-state index contributed by atoms with van der Waals surface area (Å²) in [5, 5.41) is 0.622. The van der Waals surface area contributed by atoms with Crippen molar-refractivity contribution in [2.24, 2.45) is 0 Å². The third-order valence-corrected chi connectivity index (χ3v) is 3.40. The number of hydrogen-bond donors (Lipinski definition) is 0. The lowest BCUT2D eigenvalue weighted by Crippen LogP contribution is -2.13. The van der Waals surface area contributed by atoms with Crippen molar-refractivity contribution >= 4 is 17.4 Å². The highest BCUT2D eigenvalue weighted by Gasteiger charge is 2.20. The zero-order chi connectivity index (χ0) is 14.6. The van der Waals surface area contributed by atoms with E-state index in [1.165, 1.54) is 0 Å². The first kappa shape index (κ1) is 16.0. The predicted molar refractivity (Wildman–Crippen MR) is 77.5 cm³/mol. The fraction of sp³-hybridized carbons (Fsp3) is 0.533. The highest BCUT2D eigenvalue weighted by molar-refractivity contribution is 6.32. The van der Waals surface area contributed by atoms with E-state index < -0.39 is 0 Å². The van der Waals surface area contributed by atoms with Crippen molar-refractivity contribution in [2.45, 2.75) is 40.2 Å². The number of benzene rings is 1. The van der Waals surface area contributed by atoms with Crippen LogP contribution in [0.25, 0.3) is 0 Å². The second-order valence-corrected chi connectivity index (χ2v) is 5.22. The quantitative estimate of drug-likeness (QED) is 0.742. The van der Waals surface area contributed by atoms with Crippen molar-refractivity contribution in [1.29, 1.82) is 0 Å². The van der Waals surface area contributed by atoms with Gasteiger partial charge in [0.25, 0.3) is 0 Å². The van der Waals surface area contributed by atoms with E-state index in [2.05, 4.69) is 0 Å². The minimum absolute atomic E-state index is 0.00287. The molecular formula is C15H21ClO3. The standard InChI is InChI=1S/C15H21ClO3/c1-9(2)19-13-8-10(3)15(16)11(4)14(13)12(17)6-7-18-5/h8-9H,6-7H2,1-5H3. The Morgan fingerprint density at radius 1 is 1.37 bits per heavy atom. The van der Waals surface area contributed by atoms with Crippen LogP contribution < -0.4 is 4.74 Å². The maximum atomic E-state index is 12.3. The lowest BCUT2D eigenvalue weighted by molar-refractivity contribution is 0.0926. The number of Topliss-reactive ketones (excluding diaryl/α,β-unsaturated/α-hetero) is 1. The first-order valence-electron chi connectivity index (χ1n) is 6.37. The summed E-state index contributed by atoms with van der Waals surface area (Å²) in [5.41, 5.74) is 2.26. The van der Waals surface area contributed by atoms with Gasteiger partial charge in [0.2, 0.25) is 0 Å². The minimum atomic E-state index is -0.00287. The number of rotatable bonds is 6.